The van der Waals surface area contributed by atoms with Crippen LogP contribution in [-0.2, 0) is 48.8 Å². The molecule has 3 aromatic rings. The largest absolute Gasteiger partial charge is 0.385 e. The van der Waals surface area contributed by atoms with Crippen LogP contribution in [-0.4, -0.2) is 81.3 Å². The van der Waals surface area contributed by atoms with Gasteiger partial charge in [0.2, 0.25) is 11.8 Å². The van der Waals surface area contributed by atoms with E-state index in [0.717, 1.165) is 78.3 Å². The molecule has 0 spiro atoms. The maximum Gasteiger partial charge on any atom is 0.240 e. The van der Waals surface area contributed by atoms with Crippen LogP contribution in [0.1, 0.15) is 48.8 Å². The van der Waals surface area contributed by atoms with Gasteiger partial charge in [-0.1, -0.05) is 19.6 Å². The van der Waals surface area contributed by atoms with Gasteiger partial charge >= 0.3 is 0 Å². The molecule has 3 heterocycles. The molecule has 2 amide bonds. The van der Waals surface area contributed by atoms with Crippen LogP contribution in [0.3, 0.4) is 0 Å². The molecule has 2 N–H and O–H groups in total. The molecule has 2 aromatic heterocycles. The molecule has 11 heteroatoms. The van der Waals surface area contributed by atoms with Crippen LogP contribution >= 0.6 is 0 Å². The molecule has 0 saturated heterocycles. The third-order valence-corrected chi connectivity index (χ3v) is 11.1. The Kier molecular flexibility index (Phi) is 8.75. The van der Waals surface area contributed by atoms with Gasteiger partial charge in [-0.15, -0.1) is 0 Å². The summed E-state index contributed by atoms with van der Waals surface area (Å²) < 4.78 is 18.9. The highest BCUT2D eigenvalue weighted by molar-refractivity contribution is 6.76. The molecule has 0 radical (unpaired) electrons. The second kappa shape index (κ2) is 12.4. The number of H-pyrrole nitrogens is 1. The Labute approximate surface area is 260 Å². The Morgan fingerprint density at radius 1 is 1.11 bits per heavy atom. The summed E-state index contributed by atoms with van der Waals surface area (Å²) in [5.41, 5.74) is 6.35. The van der Waals surface area contributed by atoms with E-state index in [1.807, 2.05) is 4.68 Å². The first kappa shape index (κ1) is 31.0. The van der Waals surface area contributed by atoms with E-state index in [1.165, 1.54) is 11.1 Å². The third kappa shape index (κ3) is 6.11. The van der Waals surface area contributed by atoms with Crippen molar-refractivity contribution < 1.29 is 23.8 Å². The van der Waals surface area contributed by atoms with Crippen LogP contribution < -0.4 is 10.2 Å². The van der Waals surface area contributed by atoms with Gasteiger partial charge in [0.1, 0.15) is 19.0 Å². The van der Waals surface area contributed by atoms with E-state index in [1.54, 1.807) is 19.1 Å². The first-order valence-corrected chi connectivity index (χ1v) is 19.8. The van der Waals surface area contributed by atoms with E-state index in [0.29, 0.717) is 32.8 Å². The summed E-state index contributed by atoms with van der Waals surface area (Å²) in [5, 5.41) is 9.14. The highest BCUT2D eigenvalue weighted by Crippen LogP contribution is 2.49. The molecule has 1 saturated carbocycles. The lowest BCUT2D eigenvalue weighted by Crippen LogP contribution is -2.46. The molecule has 0 unspecified atom stereocenters. The fourth-order valence-corrected chi connectivity index (χ4v) is 7.47. The molecule has 44 heavy (non-hydrogen) atoms. The average Bonchev–Trinajstić information content (AvgIpc) is 3.58. The van der Waals surface area contributed by atoms with E-state index in [-0.39, 0.29) is 24.4 Å². The van der Waals surface area contributed by atoms with Gasteiger partial charge in [-0.3, -0.25) is 9.59 Å². The van der Waals surface area contributed by atoms with Crippen molar-refractivity contribution in [2.24, 2.45) is 0 Å². The molecule has 1 fully saturated rings. The number of nitrogens with zero attached hydrogens (tertiary/aromatic N) is 3. The number of carbonyl (C=O) groups excluding carboxylic acids is 2. The number of benzene rings is 1. The number of amides is 2. The lowest BCUT2D eigenvalue weighted by Gasteiger charge is -2.28. The molecule has 3 aliphatic rings. The number of aryl methyl sites for hydroxylation is 2. The SMILES string of the molecule is COCCC1(CCOC)C(=O)N(CC(=O)NC2CC2)c2cc3c4c([nH]c3cc21)-c1nn(COCC[Si](C)(C)C)cc1CCC4. The fraction of sp³-hybridized carbons (Fsp3) is 0.606. The number of aromatic nitrogens is 3. The zero-order valence-electron chi connectivity index (χ0n) is 26.9. The summed E-state index contributed by atoms with van der Waals surface area (Å²) in [5.74, 6) is -0.169. The summed E-state index contributed by atoms with van der Waals surface area (Å²) >= 11 is 0. The van der Waals surface area contributed by atoms with Crippen LogP contribution in [0.2, 0.25) is 25.7 Å². The molecule has 238 valence electrons. The zero-order valence-corrected chi connectivity index (χ0v) is 27.9. The normalized spacial score (nSPS) is 17.5. The van der Waals surface area contributed by atoms with Crippen LogP contribution in [0, 0.1) is 0 Å². The predicted molar refractivity (Wildman–Crippen MR) is 174 cm³/mol. The highest BCUT2D eigenvalue weighted by Gasteiger charge is 2.51. The molecule has 0 bridgehead atoms. The van der Waals surface area contributed by atoms with Crippen molar-refractivity contribution in [1.82, 2.24) is 20.1 Å². The number of methoxy groups -OCH3 is 2. The van der Waals surface area contributed by atoms with Crippen molar-refractivity contribution in [3.63, 3.8) is 0 Å². The maximum atomic E-state index is 14.3. The maximum absolute atomic E-state index is 14.3. The minimum Gasteiger partial charge on any atom is -0.385 e. The molecular formula is C33H47N5O5Si. The second-order valence-corrected chi connectivity index (χ2v) is 19.6. The van der Waals surface area contributed by atoms with Gasteiger partial charge in [-0.05, 0) is 79.8 Å². The quantitative estimate of drug-likeness (QED) is 0.198. The highest BCUT2D eigenvalue weighted by atomic mass is 28.3. The average molecular weight is 622 g/mol. The molecule has 1 aliphatic heterocycles. The summed E-state index contributed by atoms with van der Waals surface area (Å²) in [7, 11) is 2.16. The Hall–Kier alpha value is -2.99. The summed E-state index contributed by atoms with van der Waals surface area (Å²) in [4.78, 5) is 32.8. The monoisotopic (exact) mass is 621 g/mol. The number of carbonyl (C=O) groups is 2. The molecule has 2 aliphatic carbocycles. The fourth-order valence-electron chi connectivity index (χ4n) is 6.71. The van der Waals surface area contributed by atoms with Gasteiger partial charge in [-0.2, -0.15) is 5.10 Å². The summed E-state index contributed by atoms with van der Waals surface area (Å²) in [6.45, 7) is 9.14. The van der Waals surface area contributed by atoms with E-state index in [9.17, 15) is 9.59 Å². The van der Waals surface area contributed by atoms with E-state index >= 15 is 0 Å². The first-order valence-electron chi connectivity index (χ1n) is 16.1. The Balaban J connectivity index is 1.38. The van der Waals surface area contributed by atoms with E-state index < -0.39 is 13.5 Å². The number of hydrogen-bond acceptors (Lipinski definition) is 6. The lowest BCUT2D eigenvalue weighted by atomic mass is 9.76. The summed E-state index contributed by atoms with van der Waals surface area (Å²) in [6, 6.07) is 5.62. The smallest absolute Gasteiger partial charge is 0.240 e. The molecular weight excluding hydrogens is 574 g/mol. The van der Waals surface area contributed by atoms with Gasteiger partial charge in [0.05, 0.1) is 11.1 Å². The topological polar surface area (TPSA) is 111 Å². The molecule has 6 rings (SSSR count). The number of aromatic amines is 1. The van der Waals surface area contributed by atoms with Crippen LogP contribution in [0.25, 0.3) is 22.3 Å². The van der Waals surface area contributed by atoms with Crippen LogP contribution in [0.5, 0.6) is 0 Å². The molecule has 10 nitrogen and oxygen atoms in total. The second-order valence-electron chi connectivity index (χ2n) is 13.9. The van der Waals surface area contributed by atoms with E-state index in [4.69, 9.17) is 19.3 Å². The van der Waals surface area contributed by atoms with Crippen molar-refractivity contribution in [3.8, 4) is 11.4 Å². The minimum absolute atomic E-state index is 0.00836. The van der Waals surface area contributed by atoms with Gasteiger partial charge in [-0.25, -0.2) is 4.68 Å². The van der Waals surface area contributed by atoms with Gasteiger partial charge in [0.25, 0.3) is 0 Å². The molecule has 1 aromatic carbocycles. The van der Waals surface area contributed by atoms with Crippen molar-refractivity contribution in [1.29, 1.82) is 0 Å². The number of nitrogens with one attached hydrogen (secondary N) is 2. The van der Waals surface area contributed by atoms with Crippen LogP contribution in [0.15, 0.2) is 18.3 Å². The van der Waals surface area contributed by atoms with Gasteiger partial charge in [0, 0.05) is 70.9 Å². The Bertz CT molecular complexity index is 1530. The van der Waals surface area contributed by atoms with Crippen molar-refractivity contribution in [2.75, 3.05) is 45.5 Å². The number of hydrogen-bond donors (Lipinski definition) is 2. The van der Waals surface area contributed by atoms with Gasteiger partial charge < -0.3 is 29.4 Å². The Morgan fingerprint density at radius 2 is 1.86 bits per heavy atom. The number of rotatable bonds is 14. The predicted octanol–water partition coefficient (Wildman–Crippen LogP) is 4.77. The minimum atomic E-state index is -1.15. The number of ether oxygens (including phenoxy) is 3. The lowest BCUT2D eigenvalue weighted by molar-refractivity contribution is -0.127. The third-order valence-electron chi connectivity index (χ3n) is 9.36. The van der Waals surface area contributed by atoms with Crippen molar-refractivity contribution >= 4 is 36.5 Å². The van der Waals surface area contributed by atoms with Gasteiger partial charge in [0.15, 0.2) is 0 Å². The van der Waals surface area contributed by atoms with Crippen molar-refractivity contribution in [2.45, 2.75) is 88.8 Å². The van der Waals surface area contributed by atoms with E-state index in [2.05, 4.69) is 48.3 Å². The summed E-state index contributed by atoms with van der Waals surface area (Å²) in [6.07, 6.45) is 8.01. The van der Waals surface area contributed by atoms with Crippen LogP contribution in [0.4, 0.5) is 5.69 Å². The number of fused-ring (bicyclic) bond motifs is 6. The zero-order chi connectivity index (χ0) is 31.1. The first-order chi connectivity index (χ1) is 21.1. The van der Waals surface area contributed by atoms with Crippen molar-refractivity contribution in [3.05, 3.63) is 35.0 Å². The Morgan fingerprint density at radius 3 is 2.55 bits per heavy atom. The number of anilines is 1. The molecule has 0 atom stereocenters. The standard InChI is InChI=1S/C33H47N5O5Si/c1-41-13-11-33(12-14-42-2)26-18-27-25(17-28(26)38(32(33)40)20-29(39)34-23-9-10-23)24-8-6-7-22-19-37(36-30(22)31(24)35-27)21-43-15-16-44(3,4)5/h17-19,23,35H,6-16,20-21H2,1-5H3,(H,34,39).